The number of methoxy groups -OCH3 is 1. The maximum atomic E-state index is 12.5. The van der Waals surface area contributed by atoms with E-state index in [1.807, 2.05) is 42.5 Å². The van der Waals surface area contributed by atoms with Crippen LogP contribution < -0.4 is 16.4 Å². The normalized spacial score (nSPS) is 10.6. The van der Waals surface area contributed by atoms with Gasteiger partial charge < -0.3 is 19.8 Å². The fourth-order valence-electron chi connectivity index (χ4n) is 3.13. The molecule has 0 aliphatic heterocycles. The zero-order valence-electron chi connectivity index (χ0n) is 16.6. The number of carbonyl (C=O) groups excluding carboxylic acids is 2. The summed E-state index contributed by atoms with van der Waals surface area (Å²) in [7, 11) is 1.27. The van der Waals surface area contributed by atoms with E-state index in [-0.39, 0.29) is 23.6 Å². The lowest BCUT2D eigenvalue weighted by atomic mass is 10.2. The van der Waals surface area contributed by atoms with Crippen molar-refractivity contribution in [2.45, 2.75) is 6.54 Å². The molecule has 8 heteroatoms. The van der Waals surface area contributed by atoms with Crippen molar-refractivity contribution in [1.29, 1.82) is 0 Å². The maximum absolute atomic E-state index is 12.5. The Balaban J connectivity index is 1.45. The topological polar surface area (TPSA) is 103 Å². The molecule has 0 radical (unpaired) electrons. The highest BCUT2D eigenvalue weighted by Gasteiger charge is 2.15. The summed E-state index contributed by atoms with van der Waals surface area (Å²) >= 11 is 0. The van der Waals surface area contributed by atoms with Crippen molar-refractivity contribution < 1.29 is 18.7 Å². The number of nitrogens with zero attached hydrogens (tertiary/aromatic N) is 1. The van der Waals surface area contributed by atoms with E-state index >= 15 is 0 Å². The minimum absolute atomic E-state index is 0.206. The van der Waals surface area contributed by atoms with Crippen LogP contribution in [0.5, 0.6) is 0 Å². The van der Waals surface area contributed by atoms with Crippen molar-refractivity contribution in [3.63, 3.8) is 0 Å². The van der Waals surface area contributed by atoms with Gasteiger partial charge in [0.1, 0.15) is 6.54 Å². The first kappa shape index (κ1) is 20.0. The van der Waals surface area contributed by atoms with Gasteiger partial charge >= 0.3 is 11.7 Å². The molecule has 1 aromatic heterocycles. The molecular weight excluding hydrogens is 398 g/mol. The molecule has 0 saturated carbocycles. The van der Waals surface area contributed by atoms with E-state index in [4.69, 9.17) is 4.42 Å². The second kappa shape index (κ2) is 8.58. The molecule has 4 rings (SSSR count). The van der Waals surface area contributed by atoms with Gasteiger partial charge in [0, 0.05) is 17.1 Å². The summed E-state index contributed by atoms with van der Waals surface area (Å²) in [6.45, 7) is -0.229. The van der Waals surface area contributed by atoms with Crippen LogP contribution in [0.3, 0.4) is 0 Å². The number of hydrogen-bond acceptors (Lipinski definition) is 6. The summed E-state index contributed by atoms with van der Waals surface area (Å²) in [5.41, 5.74) is 3.30. The van der Waals surface area contributed by atoms with Crippen LogP contribution in [0.15, 0.2) is 82.0 Å². The van der Waals surface area contributed by atoms with Crippen LogP contribution in [0.1, 0.15) is 10.4 Å². The van der Waals surface area contributed by atoms with Gasteiger partial charge in [-0.1, -0.05) is 18.2 Å². The zero-order chi connectivity index (χ0) is 21.8. The number of carbonyl (C=O) groups is 2. The van der Waals surface area contributed by atoms with Gasteiger partial charge in [-0.2, -0.15) is 0 Å². The lowest BCUT2D eigenvalue weighted by molar-refractivity contribution is -0.116. The van der Waals surface area contributed by atoms with Gasteiger partial charge in [-0.15, -0.1) is 0 Å². The van der Waals surface area contributed by atoms with Crippen LogP contribution >= 0.6 is 0 Å². The molecule has 0 bridgehead atoms. The first-order chi connectivity index (χ1) is 15.0. The number of ether oxygens (including phenoxy) is 1. The molecule has 156 valence electrons. The van der Waals surface area contributed by atoms with Crippen molar-refractivity contribution in [3.8, 4) is 0 Å². The summed E-state index contributed by atoms with van der Waals surface area (Å²) in [6.07, 6.45) is 0. The lowest BCUT2D eigenvalue weighted by Crippen LogP contribution is -2.24. The van der Waals surface area contributed by atoms with Gasteiger partial charge in [-0.05, 0) is 54.6 Å². The third kappa shape index (κ3) is 4.48. The molecule has 0 fully saturated rings. The molecule has 0 unspecified atom stereocenters. The summed E-state index contributed by atoms with van der Waals surface area (Å²) in [6, 6.07) is 21.4. The van der Waals surface area contributed by atoms with Crippen molar-refractivity contribution in [2.75, 3.05) is 17.7 Å². The number of aromatic nitrogens is 1. The third-order valence-electron chi connectivity index (χ3n) is 4.62. The number of amides is 1. The first-order valence-electron chi connectivity index (χ1n) is 9.47. The van der Waals surface area contributed by atoms with E-state index in [9.17, 15) is 14.4 Å². The summed E-state index contributed by atoms with van der Waals surface area (Å²) in [5, 5.41) is 6.02. The van der Waals surface area contributed by atoms with Crippen molar-refractivity contribution in [2.24, 2.45) is 0 Å². The van der Waals surface area contributed by atoms with E-state index in [1.165, 1.54) is 23.8 Å². The zero-order valence-corrected chi connectivity index (χ0v) is 16.6. The number of para-hydroxylation sites is 1. The summed E-state index contributed by atoms with van der Waals surface area (Å²) < 4.78 is 11.0. The first-order valence-corrected chi connectivity index (χ1v) is 9.47. The molecule has 1 heterocycles. The quantitative estimate of drug-likeness (QED) is 0.463. The number of oxazole rings is 1. The van der Waals surface area contributed by atoms with E-state index in [0.29, 0.717) is 11.2 Å². The van der Waals surface area contributed by atoms with Gasteiger partial charge in [0.05, 0.1) is 18.2 Å². The second-order valence-electron chi connectivity index (χ2n) is 6.74. The lowest BCUT2D eigenvalue weighted by Gasteiger charge is -2.09. The Hall–Kier alpha value is -4.33. The molecule has 2 N–H and O–H groups in total. The highest BCUT2D eigenvalue weighted by molar-refractivity contribution is 5.94. The SMILES string of the molecule is COC(=O)c1ccc2c(c1)oc(=O)n2CC(=O)Nc1ccc(Nc2ccccc2)cc1. The largest absolute Gasteiger partial charge is 0.465 e. The molecule has 1 amide bonds. The van der Waals surface area contributed by atoms with Crippen molar-refractivity contribution in [1.82, 2.24) is 4.57 Å². The third-order valence-corrected chi connectivity index (χ3v) is 4.62. The average molecular weight is 417 g/mol. The number of esters is 1. The Morgan fingerprint density at radius 1 is 0.935 bits per heavy atom. The van der Waals surface area contributed by atoms with E-state index in [0.717, 1.165) is 11.4 Å². The highest BCUT2D eigenvalue weighted by Crippen LogP contribution is 2.19. The summed E-state index contributed by atoms with van der Waals surface area (Å²) in [5.74, 6) is -1.61. The number of nitrogens with one attached hydrogen (secondary N) is 2. The minimum Gasteiger partial charge on any atom is -0.465 e. The van der Waals surface area contributed by atoms with Gasteiger partial charge in [-0.25, -0.2) is 9.59 Å². The Labute approximate surface area is 177 Å². The van der Waals surface area contributed by atoms with Crippen molar-refractivity contribution in [3.05, 3.63) is 88.9 Å². The second-order valence-corrected chi connectivity index (χ2v) is 6.74. The van der Waals surface area contributed by atoms with E-state index in [1.54, 1.807) is 18.2 Å². The van der Waals surface area contributed by atoms with Gasteiger partial charge in [0.25, 0.3) is 0 Å². The Kier molecular flexibility index (Phi) is 5.53. The molecular formula is C23H19N3O5. The van der Waals surface area contributed by atoms with Gasteiger partial charge in [0.15, 0.2) is 5.58 Å². The molecule has 0 aliphatic carbocycles. The van der Waals surface area contributed by atoms with Gasteiger partial charge in [0.2, 0.25) is 5.91 Å². The monoisotopic (exact) mass is 417 g/mol. The fourth-order valence-corrected chi connectivity index (χ4v) is 3.13. The van der Waals surface area contributed by atoms with Crippen LogP contribution in [-0.2, 0) is 16.1 Å². The number of anilines is 3. The number of fused-ring (bicyclic) bond motifs is 1. The van der Waals surface area contributed by atoms with E-state index in [2.05, 4.69) is 15.4 Å². The average Bonchev–Trinajstić information content (AvgIpc) is 3.09. The molecule has 0 atom stereocenters. The van der Waals surface area contributed by atoms with Crippen LogP contribution in [0, 0.1) is 0 Å². The Morgan fingerprint density at radius 2 is 1.61 bits per heavy atom. The predicted molar refractivity (Wildman–Crippen MR) is 117 cm³/mol. The predicted octanol–water partition coefficient (Wildman–Crippen LogP) is 3.76. The fraction of sp³-hybridized carbons (Fsp3) is 0.0870. The molecule has 0 saturated heterocycles. The number of benzene rings is 3. The van der Waals surface area contributed by atoms with Crippen LogP contribution in [0.2, 0.25) is 0 Å². The molecule has 0 aliphatic rings. The maximum Gasteiger partial charge on any atom is 0.420 e. The molecule has 31 heavy (non-hydrogen) atoms. The molecule has 0 spiro atoms. The van der Waals surface area contributed by atoms with Crippen LogP contribution in [0.4, 0.5) is 17.1 Å². The summed E-state index contributed by atoms with van der Waals surface area (Å²) in [4.78, 5) is 36.3. The number of hydrogen-bond donors (Lipinski definition) is 2. The van der Waals surface area contributed by atoms with Crippen LogP contribution in [-0.4, -0.2) is 23.6 Å². The Morgan fingerprint density at radius 3 is 2.32 bits per heavy atom. The number of rotatable bonds is 6. The molecule has 8 nitrogen and oxygen atoms in total. The highest BCUT2D eigenvalue weighted by atomic mass is 16.5. The van der Waals surface area contributed by atoms with E-state index < -0.39 is 11.7 Å². The van der Waals surface area contributed by atoms with Gasteiger partial charge in [-0.3, -0.25) is 9.36 Å². The smallest absolute Gasteiger partial charge is 0.420 e. The molecule has 4 aromatic rings. The van der Waals surface area contributed by atoms with Crippen molar-refractivity contribution >= 4 is 40.0 Å². The van der Waals surface area contributed by atoms with Crippen LogP contribution in [0.25, 0.3) is 11.1 Å². The standard InChI is InChI=1S/C23H19N3O5/c1-30-22(28)15-7-12-19-20(13-15)31-23(29)26(19)14-21(27)25-18-10-8-17(9-11-18)24-16-5-3-2-4-6-16/h2-13,24H,14H2,1H3,(H,25,27). The molecule has 3 aromatic carbocycles. The minimum atomic E-state index is -0.686. The Bertz CT molecular complexity index is 1290.